The molecule has 0 amide bonds. The molecule has 3 N–H and O–H groups in total. The summed E-state index contributed by atoms with van der Waals surface area (Å²) in [6, 6.07) is 0. The third-order valence-electron chi connectivity index (χ3n) is 3.10. The lowest BCUT2D eigenvalue weighted by Crippen LogP contribution is -2.38. The lowest BCUT2D eigenvalue weighted by Gasteiger charge is -2.31. The summed E-state index contributed by atoms with van der Waals surface area (Å²) in [5.41, 5.74) is 5.50. The maximum absolute atomic E-state index is 7.39. The van der Waals surface area contributed by atoms with Crippen molar-refractivity contribution in [1.29, 1.82) is 5.41 Å². The van der Waals surface area contributed by atoms with Gasteiger partial charge in [0.05, 0.1) is 5.84 Å². The number of likely N-dealkylation sites (tertiary alicyclic amines) is 1. The average Bonchev–Trinajstić information content (AvgIpc) is 2.25. The zero-order chi connectivity index (χ0) is 11.1. The minimum atomic E-state index is 0.334. The van der Waals surface area contributed by atoms with Crippen molar-refractivity contribution in [2.24, 2.45) is 11.7 Å². The Morgan fingerprint density at radius 1 is 1.40 bits per heavy atom. The quantitative estimate of drug-likeness (QED) is 0.394. The summed E-state index contributed by atoms with van der Waals surface area (Å²) >= 11 is 0. The van der Waals surface area contributed by atoms with Crippen molar-refractivity contribution in [1.82, 2.24) is 4.90 Å². The second-order valence-electron chi connectivity index (χ2n) is 4.27. The molecule has 0 unspecified atom stereocenters. The molecular weight excluding hydrogens is 190 g/mol. The van der Waals surface area contributed by atoms with Gasteiger partial charge in [0.15, 0.2) is 0 Å². The molecule has 0 aromatic heterocycles. The molecule has 1 saturated heterocycles. The van der Waals surface area contributed by atoms with Crippen LogP contribution < -0.4 is 5.73 Å². The number of nitrogens with two attached hydrogens (primary N) is 1. The molecule has 1 fully saturated rings. The molecule has 1 heterocycles. The summed E-state index contributed by atoms with van der Waals surface area (Å²) in [6.07, 6.45) is 4.46. The van der Waals surface area contributed by atoms with Crippen molar-refractivity contribution in [2.45, 2.75) is 25.7 Å². The van der Waals surface area contributed by atoms with E-state index >= 15 is 0 Å². The first-order chi connectivity index (χ1) is 7.24. The third kappa shape index (κ3) is 4.62. The average molecular weight is 213 g/mol. The Balaban J connectivity index is 2.07. The number of unbranched alkanes of at least 4 members (excludes halogenated alkanes) is 1. The first kappa shape index (κ1) is 12.5. The Morgan fingerprint density at radius 2 is 2.07 bits per heavy atom. The van der Waals surface area contributed by atoms with E-state index in [1.54, 1.807) is 7.11 Å². The van der Waals surface area contributed by atoms with E-state index < -0.39 is 0 Å². The summed E-state index contributed by atoms with van der Waals surface area (Å²) in [5.74, 6) is 0.703. The van der Waals surface area contributed by atoms with E-state index in [1.165, 1.54) is 6.42 Å². The van der Waals surface area contributed by atoms with Gasteiger partial charge in [-0.15, -0.1) is 0 Å². The third-order valence-corrected chi connectivity index (χ3v) is 3.10. The Hall–Kier alpha value is -0.610. The van der Waals surface area contributed by atoms with Crippen molar-refractivity contribution < 1.29 is 4.74 Å². The van der Waals surface area contributed by atoms with Gasteiger partial charge in [-0.1, -0.05) is 0 Å². The first-order valence-corrected chi connectivity index (χ1v) is 5.79. The number of nitrogens with one attached hydrogen (secondary N) is 1. The van der Waals surface area contributed by atoms with Gasteiger partial charge >= 0.3 is 0 Å². The highest BCUT2D eigenvalue weighted by Crippen LogP contribution is 2.16. The maximum atomic E-state index is 7.39. The van der Waals surface area contributed by atoms with Gasteiger partial charge in [-0.25, -0.2) is 0 Å². The number of rotatable bonds is 6. The van der Waals surface area contributed by atoms with Gasteiger partial charge in [0, 0.05) is 19.6 Å². The Labute approximate surface area is 92.3 Å². The number of piperidine rings is 1. The predicted octanol–water partition coefficient (Wildman–Crippen LogP) is 1.06. The van der Waals surface area contributed by atoms with Crippen LogP contribution in [-0.2, 0) is 4.74 Å². The highest BCUT2D eigenvalue weighted by Gasteiger charge is 2.20. The van der Waals surface area contributed by atoms with E-state index in [9.17, 15) is 0 Å². The number of hydrogen-bond acceptors (Lipinski definition) is 3. The standard InChI is InChI=1S/C11H23N3O/c1-15-9-3-2-6-14-7-4-10(5-8-14)11(12)13/h10H,2-9H2,1H3,(H3,12,13). The lowest BCUT2D eigenvalue weighted by molar-refractivity contribution is 0.172. The number of nitrogens with zero attached hydrogens (tertiary/aromatic N) is 1. The van der Waals surface area contributed by atoms with E-state index in [4.69, 9.17) is 15.9 Å². The minimum absolute atomic E-state index is 0.334. The summed E-state index contributed by atoms with van der Waals surface area (Å²) in [4.78, 5) is 2.47. The minimum Gasteiger partial charge on any atom is -0.387 e. The molecule has 0 atom stereocenters. The van der Waals surface area contributed by atoms with Crippen LogP contribution in [0.1, 0.15) is 25.7 Å². The molecule has 1 rings (SSSR count). The zero-order valence-corrected chi connectivity index (χ0v) is 9.67. The summed E-state index contributed by atoms with van der Waals surface area (Å²) in [7, 11) is 1.75. The van der Waals surface area contributed by atoms with Crippen LogP contribution in [0.25, 0.3) is 0 Å². The second kappa shape index (κ2) is 6.80. The summed E-state index contributed by atoms with van der Waals surface area (Å²) < 4.78 is 5.02. The zero-order valence-electron chi connectivity index (χ0n) is 9.67. The van der Waals surface area contributed by atoms with Gasteiger partial charge in [-0.3, -0.25) is 5.41 Å². The van der Waals surface area contributed by atoms with E-state index in [1.807, 2.05) is 0 Å². The van der Waals surface area contributed by atoms with E-state index in [0.717, 1.165) is 45.5 Å². The van der Waals surface area contributed by atoms with Crippen LogP contribution in [0.2, 0.25) is 0 Å². The van der Waals surface area contributed by atoms with Gasteiger partial charge < -0.3 is 15.4 Å². The number of hydrogen-bond donors (Lipinski definition) is 2. The molecule has 0 aromatic carbocycles. The van der Waals surface area contributed by atoms with Crippen LogP contribution in [-0.4, -0.2) is 44.1 Å². The fourth-order valence-electron chi connectivity index (χ4n) is 2.05. The number of methoxy groups -OCH3 is 1. The first-order valence-electron chi connectivity index (χ1n) is 5.79. The van der Waals surface area contributed by atoms with Gasteiger partial charge in [0.1, 0.15) is 0 Å². The normalized spacial score (nSPS) is 19.3. The molecule has 1 aliphatic rings. The largest absolute Gasteiger partial charge is 0.387 e. The molecule has 0 aromatic rings. The molecule has 15 heavy (non-hydrogen) atoms. The fourth-order valence-corrected chi connectivity index (χ4v) is 2.05. The van der Waals surface area contributed by atoms with Crippen LogP contribution in [0.3, 0.4) is 0 Å². The molecular formula is C11H23N3O. The second-order valence-corrected chi connectivity index (χ2v) is 4.27. The van der Waals surface area contributed by atoms with Gasteiger partial charge in [-0.05, 0) is 45.3 Å². The van der Waals surface area contributed by atoms with Crippen molar-refractivity contribution in [3.8, 4) is 0 Å². The van der Waals surface area contributed by atoms with Crippen LogP contribution in [0.15, 0.2) is 0 Å². The highest BCUT2D eigenvalue weighted by molar-refractivity contribution is 5.79. The van der Waals surface area contributed by atoms with E-state index in [-0.39, 0.29) is 0 Å². The monoisotopic (exact) mass is 213 g/mol. The van der Waals surface area contributed by atoms with Gasteiger partial charge in [-0.2, -0.15) is 0 Å². The SMILES string of the molecule is COCCCCN1CCC(C(=N)N)CC1. The van der Waals surface area contributed by atoms with Crippen molar-refractivity contribution in [2.75, 3.05) is 33.4 Å². The smallest absolute Gasteiger partial charge is 0.0937 e. The molecule has 0 saturated carbocycles. The summed E-state index contributed by atoms with van der Waals surface area (Å²) in [5, 5.41) is 7.39. The van der Waals surface area contributed by atoms with Crippen molar-refractivity contribution >= 4 is 5.84 Å². The van der Waals surface area contributed by atoms with Crippen molar-refractivity contribution in [3.05, 3.63) is 0 Å². The molecule has 0 spiro atoms. The van der Waals surface area contributed by atoms with Crippen LogP contribution >= 0.6 is 0 Å². The molecule has 0 aliphatic carbocycles. The van der Waals surface area contributed by atoms with Crippen LogP contribution in [0, 0.1) is 11.3 Å². The highest BCUT2D eigenvalue weighted by atomic mass is 16.5. The molecule has 4 nitrogen and oxygen atoms in total. The van der Waals surface area contributed by atoms with E-state index in [2.05, 4.69) is 4.90 Å². The molecule has 0 bridgehead atoms. The maximum Gasteiger partial charge on any atom is 0.0937 e. The van der Waals surface area contributed by atoms with Crippen LogP contribution in [0.5, 0.6) is 0 Å². The fraction of sp³-hybridized carbons (Fsp3) is 0.909. The molecule has 0 radical (unpaired) electrons. The lowest BCUT2D eigenvalue weighted by atomic mass is 9.96. The predicted molar refractivity (Wildman–Crippen MR) is 62.2 cm³/mol. The molecule has 1 aliphatic heterocycles. The Kier molecular flexibility index (Phi) is 5.65. The summed E-state index contributed by atoms with van der Waals surface area (Å²) in [6.45, 7) is 4.21. The number of ether oxygens (including phenoxy) is 1. The Morgan fingerprint density at radius 3 is 2.60 bits per heavy atom. The topological polar surface area (TPSA) is 62.3 Å². The number of amidine groups is 1. The van der Waals surface area contributed by atoms with Crippen LogP contribution in [0.4, 0.5) is 0 Å². The molecule has 4 heteroatoms. The molecule has 88 valence electrons. The Bertz CT molecular complexity index is 188. The van der Waals surface area contributed by atoms with E-state index in [0.29, 0.717) is 11.8 Å². The van der Waals surface area contributed by atoms with Gasteiger partial charge in [0.25, 0.3) is 0 Å². The van der Waals surface area contributed by atoms with Crippen molar-refractivity contribution in [3.63, 3.8) is 0 Å². The van der Waals surface area contributed by atoms with Gasteiger partial charge in [0.2, 0.25) is 0 Å².